The zero-order valence-electron chi connectivity index (χ0n) is 16.6. The van der Waals surface area contributed by atoms with Gasteiger partial charge in [0, 0.05) is 12.2 Å². The van der Waals surface area contributed by atoms with E-state index >= 15 is 0 Å². The van der Waals surface area contributed by atoms with Crippen LogP contribution >= 0.6 is 15.9 Å². The third-order valence-corrected chi connectivity index (χ3v) is 5.19. The monoisotopic (exact) mass is 439 g/mol. The van der Waals surface area contributed by atoms with Crippen molar-refractivity contribution in [1.82, 2.24) is 0 Å². The number of ether oxygens (including phenoxy) is 2. The molecule has 3 rings (SSSR count). The molecule has 0 unspecified atom stereocenters. The molecule has 3 aromatic carbocycles. The molecule has 0 bridgehead atoms. The van der Waals surface area contributed by atoms with E-state index in [0.717, 1.165) is 32.8 Å². The van der Waals surface area contributed by atoms with Gasteiger partial charge in [0.05, 0.1) is 11.1 Å². The molecule has 3 nitrogen and oxygen atoms in total. The predicted molar refractivity (Wildman–Crippen MR) is 119 cm³/mol. The van der Waals surface area contributed by atoms with Crippen LogP contribution in [-0.2, 0) is 13.2 Å². The molecule has 0 atom stereocenters. The van der Waals surface area contributed by atoms with E-state index in [-0.39, 0.29) is 0 Å². The number of nitrogens with one attached hydrogen (secondary N) is 1. The Morgan fingerprint density at radius 1 is 0.857 bits per heavy atom. The smallest absolute Gasteiger partial charge is 0.175 e. The van der Waals surface area contributed by atoms with Gasteiger partial charge in [-0.2, -0.15) is 0 Å². The molecule has 0 aliphatic carbocycles. The summed E-state index contributed by atoms with van der Waals surface area (Å²) < 4.78 is 12.8. The highest BCUT2D eigenvalue weighted by Gasteiger charge is 2.13. The molecule has 28 heavy (non-hydrogen) atoms. The first-order chi connectivity index (χ1) is 13.6. The minimum Gasteiger partial charge on any atom is -0.490 e. The highest BCUT2D eigenvalue weighted by Crippen LogP contribution is 2.37. The third kappa shape index (κ3) is 5.29. The average Bonchev–Trinajstić information content (AvgIpc) is 2.69. The molecule has 0 radical (unpaired) electrons. The summed E-state index contributed by atoms with van der Waals surface area (Å²) in [6.07, 6.45) is 0. The van der Waals surface area contributed by atoms with Crippen LogP contribution in [0, 0.1) is 13.8 Å². The summed E-state index contributed by atoms with van der Waals surface area (Å²) in [4.78, 5) is 0. The predicted octanol–water partition coefficient (Wildman–Crippen LogP) is 6.66. The fraction of sp³-hybridized carbons (Fsp3) is 0.250. The largest absolute Gasteiger partial charge is 0.490 e. The van der Waals surface area contributed by atoms with E-state index in [1.807, 2.05) is 31.2 Å². The van der Waals surface area contributed by atoms with Crippen LogP contribution in [0.25, 0.3) is 0 Å². The summed E-state index contributed by atoms with van der Waals surface area (Å²) in [5.41, 5.74) is 5.94. The van der Waals surface area contributed by atoms with Gasteiger partial charge in [-0.3, -0.25) is 0 Å². The number of benzene rings is 3. The maximum absolute atomic E-state index is 6.06. The maximum atomic E-state index is 6.06. The number of aryl methyl sites for hydroxylation is 2. The Labute approximate surface area is 175 Å². The number of anilines is 1. The Bertz CT molecular complexity index is 925. The molecule has 0 saturated carbocycles. The molecule has 0 spiro atoms. The molecular formula is C24H26BrNO2. The van der Waals surface area contributed by atoms with Gasteiger partial charge in [0.15, 0.2) is 11.5 Å². The summed E-state index contributed by atoms with van der Waals surface area (Å²) in [5, 5.41) is 3.49. The molecule has 3 aromatic rings. The Balaban J connectivity index is 1.74. The molecule has 0 fully saturated rings. The first-order valence-corrected chi connectivity index (χ1v) is 10.3. The van der Waals surface area contributed by atoms with Crippen LogP contribution in [0.15, 0.2) is 65.1 Å². The van der Waals surface area contributed by atoms with Crippen LogP contribution in [0.4, 0.5) is 5.69 Å². The van der Waals surface area contributed by atoms with Crippen molar-refractivity contribution in [2.24, 2.45) is 0 Å². The summed E-state index contributed by atoms with van der Waals surface area (Å²) in [6.45, 7) is 8.03. The zero-order valence-corrected chi connectivity index (χ0v) is 18.2. The highest BCUT2D eigenvalue weighted by molar-refractivity contribution is 9.10. The molecule has 0 aliphatic heterocycles. The van der Waals surface area contributed by atoms with Crippen molar-refractivity contribution < 1.29 is 9.47 Å². The van der Waals surface area contributed by atoms with E-state index in [0.29, 0.717) is 19.8 Å². The first-order valence-electron chi connectivity index (χ1n) is 9.50. The van der Waals surface area contributed by atoms with Gasteiger partial charge < -0.3 is 14.8 Å². The van der Waals surface area contributed by atoms with Crippen molar-refractivity contribution in [1.29, 1.82) is 0 Å². The number of hydrogen-bond donors (Lipinski definition) is 1. The standard InChI is InChI=1S/C24H26BrNO2/c1-4-27-23-14-20(15-26-21-11-10-17(2)18(3)12-21)13-22(25)24(23)28-16-19-8-6-5-7-9-19/h5-14,26H,4,15-16H2,1-3H3. The molecule has 0 heterocycles. The zero-order chi connectivity index (χ0) is 19.9. The van der Waals surface area contributed by atoms with E-state index < -0.39 is 0 Å². The lowest BCUT2D eigenvalue weighted by Crippen LogP contribution is -2.04. The summed E-state index contributed by atoms with van der Waals surface area (Å²) in [7, 11) is 0. The Morgan fingerprint density at radius 2 is 1.64 bits per heavy atom. The quantitative estimate of drug-likeness (QED) is 0.425. The van der Waals surface area contributed by atoms with Crippen LogP contribution in [0.2, 0.25) is 0 Å². The topological polar surface area (TPSA) is 30.5 Å². The summed E-state index contributed by atoms with van der Waals surface area (Å²) in [6, 6.07) is 20.7. The minimum absolute atomic E-state index is 0.500. The van der Waals surface area contributed by atoms with Gasteiger partial charge in [-0.25, -0.2) is 0 Å². The molecule has 0 aliphatic rings. The summed E-state index contributed by atoms with van der Waals surface area (Å²) >= 11 is 3.66. The normalized spacial score (nSPS) is 10.6. The van der Waals surface area contributed by atoms with Gasteiger partial charge in [0.2, 0.25) is 0 Å². The van der Waals surface area contributed by atoms with E-state index in [4.69, 9.17) is 9.47 Å². The van der Waals surface area contributed by atoms with Crippen LogP contribution in [0.5, 0.6) is 11.5 Å². The summed E-state index contributed by atoms with van der Waals surface area (Å²) in [5.74, 6) is 1.49. The van der Waals surface area contributed by atoms with Crippen molar-refractivity contribution >= 4 is 21.6 Å². The third-order valence-electron chi connectivity index (χ3n) is 4.60. The lowest BCUT2D eigenvalue weighted by Gasteiger charge is -2.16. The molecule has 0 saturated heterocycles. The van der Waals surface area contributed by atoms with Crippen LogP contribution in [0.3, 0.4) is 0 Å². The first kappa shape index (κ1) is 20.3. The lowest BCUT2D eigenvalue weighted by molar-refractivity contribution is 0.267. The van der Waals surface area contributed by atoms with Gasteiger partial charge in [0.1, 0.15) is 6.61 Å². The molecule has 146 valence electrons. The van der Waals surface area contributed by atoms with Crippen molar-refractivity contribution in [2.75, 3.05) is 11.9 Å². The van der Waals surface area contributed by atoms with Gasteiger partial charge in [-0.1, -0.05) is 36.4 Å². The van der Waals surface area contributed by atoms with Crippen LogP contribution in [0.1, 0.15) is 29.2 Å². The Morgan fingerprint density at radius 3 is 2.36 bits per heavy atom. The molecule has 0 amide bonds. The molecule has 0 aromatic heterocycles. The average molecular weight is 440 g/mol. The second-order valence-electron chi connectivity index (χ2n) is 6.76. The van der Waals surface area contributed by atoms with E-state index in [1.165, 1.54) is 11.1 Å². The highest BCUT2D eigenvalue weighted by atomic mass is 79.9. The van der Waals surface area contributed by atoms with E-state index in [2.05, 4.69) is 71.5 Å². The number of hydrogen-bond acceptors (Lipinski definition) is 3. The van der Waals surface area contributed by atoms with Gasteiger partial charge in [-0.05, 0) is 83.2 Å². The van der Waals surface area contributed by atoms with Gasteiger partial charge >= 0.3 is 0 Å². The van der Waals surface area contributed by atoms with Gasteiger partial charge in [-0.15, -0.1) is 0 Å². The second-order valence-corrected chi connectivity index (χ2v) is 7.62. The van der Waals surface area contributed by atoms with Crippen molar-refractivity contribution in [3.63, 3.8) is 0 Å². The van der Waals surface area contributed by atoms with Crippen LogP contribution < -0.4 is 14.8 Å². The lowest BCUT2D eigenvalue weighted by atomic mass is 10.1. The van der Waals surface area contributed by atoms with E-state index in [9.17, 15) is 0 Å². The SMILES string of the molecule is CCOc1cc(CNc2ccc(C)c(C)c2)cc(Br)c1OCc1ccccc1. The maximum Gasteiger partial charge on any atom is 0.175 e. The molecule has 4 heteroatoms. The van der Waals surface area contributed by atoms with Crippen molar-refractivity contribution in [2.45, 2.75) is 33.9 Å². The second kappa shape index (κ2) is 9.65. The van der Waals surface area contributed by atoms with Crippen molar-refractivity contribution in [3.8, 4) is 11.5 Å². The molecule has 1 N–H and O–H groups in total. The fourth-order valence-electron chi connectivity index (χ4n) is 2.91. The van der Waals surface area contributed by atoms with Crippen molar-refractivity contribution in [3.05, 3.63) is 87.4 Å². The number of rotatable bonds is 8. The number of halogens is 1. The Kier molecular flexibility index (Phi) is 6.99. The molecular weight excluding hydrogens is 414 g/mol. The van der Waals surface area contributed by atoms with Gasteiger partial charge in [0.25, 0.3) is 0 Å². The van der Waals surface area contributed by atoms with E-state index in [1.54, 1.807) is 0 Å². The minimum atomic E-state index is 0.500. The fourth-order valence-corrected chi connectivity index (χ4v) is 3.52. The van der Waals surface area contributed by atoms with Crippen LogP contribution in [-0.4, -0.2) is 6.61 Å². The Hall–Kier alpha value is -2.46.